The van der Waals surface area contributed by atoms with Gasteiger partial charge in [-0.1, -0.05) is 57.5 Å². The van der Waals surface area contributed by atoms with Gasteiger partial charge < -0.3 is 4.43 Å². The molecule has 1 rings (SSSR count). The van der Waals surface area contributed by atoms with Crippen LogP contribution in [0.2, 0.25) is 18.1 Å². The van der Waals surface area contributed by atoms with Crippen molar-refractivity contribution >= 4 is 8.32 Å². The Morgan fingerprint density at radius 3 is 2.39 bits per heavy atom. The van der Waals surface area contributed by atoms with Crippen LogP contribution in [0.4, 0.5) is 4.39 Å². The molecule has 0 saturated carbocycles. The van der Waals surface area contributed by atoms with Crippen LogP contribution >= 0.6 is 0 Å². The maximum absolute atomic E-state index is 13.4. The molecular formula is C20H33FOSi. The largest absolute Gasteiger partial charge is 0.416 e. The Morgan fingerprint density at radius 1 is 1.26 bits per heavy atom. The summed E-state index contributed by atoms with van der Waals surface area (Å²) in [5.74, 6) is -0.0339. The van der Waals surface area contributed by atoms with Crippen molar-refractivity contribution in [2.75, 3.05) is 6.61 Å². The summed E-state index contributed by atoms with van der Waals surface area (Å²) in [5.41, 5.74) is 1.23. The predicted molar refractivity (Wildman–Crippen MR) is 101 cm³/mol. The van der Waals surface area contributed by atoms with Crippen LogP contribution in [0.25, 0.3) is 0 Å². The molecule has 23 heavy (non-hydrogen) atoms. The van der Waals surface area contributed by atoms with Crippen LogP contribution in [0.15, 0.2) is 42.2 Å². The minimum Gasteiger partial charge on any atom is -0.416 e. The Labute approximate surface area is 143 Å². The van der Waals surface area contributed by atoms with Crippen LogP contribution in [0.1, 0.15) is 46.1 Å². The quantitative estimate of drug-likeness (QED) is 0.466. The number of benzene rings is 1. The number of rotatable bonds is 9. The summed E-state index contributed by atoms with van der Waals surface area (Å²) in [6, 6.07) is 10.3. The number of allylic oxidation sites excluding steroid dienone is 1. The van der Waals surface area contributed by atoms with Crippen molar-refractivity contribution in [3.63, 3.8) is 0 Å². The van der Waals surface area contributed by atoms with Gasteiger partial charge in [0.2, 0.25) is 0 Å². The molecule has 0 aromatic heterocycles. The van der Waals surface area contributed by atoms with Gasteiger partial charge in [0.1, 0.15) is 0 Å². The third-order valence-corrected chi connectivity index (χ3v) is 9.37. The van der Waals surface area contributed by atoms with Crippen LogP contribution in [-0.4, -0.2) is 14.9 Å². The number of hydrogen-bond acceptors (Lipinski definition) is 1. The van der Waals surface area contributed by atoms with E-state index >= 15 is 0 Å². The first kappa shape index (κ1) is 20.1. The van der Waals surface area contributed by atoms with Crippen molar-refractivity contribution in [1.29, 1.82) is 0 Å². The average Bonchev–Trinajstić information content (AvgIpc) is 2.45. The summed E-state index contributed by atoms with van der Waals surface area (Å²) in [6.07, 6.45) is 4.88. The molecule has 0 aliphatic heterocycles. The van der Waals surface area contributed by atoms with E-state index in [0.717, 1.165) is 6.42 Å². The number of hydrogen-bond donors (Lipinski definition) is 0. The van der Waals surface area contributed by atoms with E-state index in [9.17, 15) is 4.39 Å². The van der Waals surface area contributed by atoms with Crippen molar-refractivity contribution in [1.82, 2.24) is 0 Å². The summed E-state index contributed by atoms with van der Waals surface area (Å²) in [6.45, 7) is 13.5. The lowest BCUT2D eigenvalue weighted by Gasteiger charge is -2.40. The second kappa shape index (κ2) is 8.79. The van der Waals surface area contributed by atoms with Gasteiger partial charge in [0.25, 0.3) is 0 Å². The normalized spacial score (nSPS) is 14.8. The van der Waals surface area contributed by atoms with E-state index in [1.54, 1.807) is 6.08 Å². The van der Waals surface area contributed by atoms with Gasteiger partial charge in [-0.2, -0.15) is 0 Å². The molecule has 0 heterocycles. The smallest absolute Gasteiger partial charge is 0.192 e. The van der Waals surface area contributed by atoms with E-state index in [1.807, 2.05) is 18.2 Å². The van der Waals surface area contributed by atoms with E-state index in [-0.39, 0.29) is 16.8 Å². The lowest BCUT2D eigenvalue weighted by Crippen LogP contribution is -2.43. The summed E-state index contributed by atoms with van der Waals surface area (Å²) >= 11 is 0. The molecule has 1 aromatic carbocycles. The lowest BCUT2D eigenvalue weighted by atomic mass is 9.99. The number of halogens is 1. The fourth-order valence-electron chi connectivity index (χ4n) is 2.84. The molecule has 0 unspecified atom stereocenters. The van der Waals surface area contributed by atoms with E-state index in [2.05, 4.69) is 46.0 Å². The Hall–Kier alpha value is -0.933. The second-order valence-corrected chi connectivity index (χ2v) is 12.3. The van der Waals surface area contributed by atoms with Crippen molar-refractivity contribution in [3.8, 4) is 0 Å². The fourth-order valence-corrected chi connectivity index (χ4v) is 4.72. The zero-order valence-corrected chi connectivity index (χ0v) is 16.7. The molecule has 1 aromatic rings. The molecule has 0 bridgehead atoms. The molecular weight excluding hydrogens is 303 g/mol. The van der Waals surface area contributed by atoms with Crippen molar-refractivity contribution in [2.24, 2.45) is 5.92 Å². The highest BCUT2D eigenvalue weighted by atomic mass is 28.4. The van der Waals surface area contributed by atoms with Crippen molar-refractivity contribution in [3.05, 3.63) is 47.8 Å². The molecule has 0 amide bonds. The Bertz CT molecular complexity index is 490. The van der Waals surface area contributed by atoms with Crippen molar-refractivity contribution in [2.45, 2.75) is 65.1 Å². The molecule has 0 radical (unpaired) electrons. The maximum Gasteiger partial charge on any atom is 0.192 e. The summed E-state index contributed by atoms with van der Waals surface area (Å²) in [5, 5.41) is 0.230. The Balaban J connectivity index is 2.76. The predicted octanol–water partition coefficient (Wildman–Crippen LogP) is 6.52. The first-order valence-electron chi connectivity index (χ1n) is 8.70. The van der Waals surface area contributed by atoms with Gasteiger partial charge in [-0.15, -0.1) is 0 Å². The highest BCUT2D eigenvalue weighted by Gasteiger charge is 2.40. The SMILES string of the molecule is CCCC(C)(C)[Si](C)(C)OC[C@@H](C=C(C)F)Cc1ccccc1. The lowest BCUT2D eigenvalue weighted by molar-refractivity contribution is 0.244. The Kier molecular flexibility index (Phi) is 7.69. The van der Waals surface area contributed by atoms with Gasteiger partial charge in [-0.05, 0) is 49.5 Å². The molecule has 130 valence electrons. The fraction of sp³-hybridized carbons (Fsp3) is 0.600. The van der Waals surface area contributed by atoms with Gasteiger partial charge in [-0.25, -0.2) is 4.39 Å². The summed E-state index contributed by atoms with van der Waals surface area (Å²) < 4.78 is 19.9. The molecule has 1 nitrogen and oxygen atoms in total. The molecule has 0 spiro atoms. The maximum atomic E-state index is 13.4. The van der Waals surface area contributed by atoms with Gasteiger partial charge in [0, 0.05) is 12.5 Å². The van der Waals surface area contributed by atoms with Crippen LogP contribution in [-0.2, 0) is 10.8 Å². The first-order valence-corrected chi connectivity index (χ1v) is 11.6. The highest BCUT2D eigenvalue weighted by molar-refractivity contribution is 6.74. The van der Waals surface area contributed by atoms with Gasteiger partial charge in [0.05, 0.1) is 5.83 Å². The third-order valence-electron chi connectivity index (χ3n) is 4.97. The van der Waals surface area contributed by atoms with Crippen LogP contribution in [0, 0.1) is 5.92 Å². The second-order valence-electron chi connectivity index (χ2n) is 7.66. The standard InChI is InChI=1S/C20H33FOSi/c1-7-13-20(3,4)23(5,6)22-16-19(14-17(2)21)15-18-11-9-8-10-12-18/h8-12,14,19H,7,13,15-16H2,1-6H3/t19-/m0/s1. The highest BCUT2D eigenvalue weighted by Crippen LogP contribution is 2.42. The molecule has 0 aliphatic carbocycles. The average molecular weight is 337 g/mol. The van der Waals surface area contributed by atoms with Crippen molar-refractivity contribution < 1.29 is 8.82 Å². The zero-order valence-electron chi connectivity index (χ0n) is 15.7. The first-order chi connectivity index (χ1) is 10.7. The topological polar surface area (TPSA) is 9.23 Å². The van der Waals surface area contributed by atoms with Gasteiger partial charge >= 0.3 is 0 Å². The van der Waals surface area contributed by atoms with Crippen LogP contribution in [0.3, 0.4) is 0 Å². The van der Waals surface area contributed by atoms with Gasteiger partial charge in [0.15, 0.2) is 8.32 Å². The van der Waals surface area contributed by atoms with E-state index in [1.165, 1.54) is 25.3 Å². The third kappa shape index (κ3) is 6.60. The van der Waals surface area contributed by atoms with Crippen LogP contribution < -0.4 is 0 Å². The molecule has 0 N–H and O–H groups in total. The minimum absolute atomic E-state index is 0.0894. The molecule has 0 saturated heterocycles. The van der Waals surface area contributed by atoms with E-state index < -0.39 is 8.32 Å². The van der Waals surface area contributed by atoms with Crippen LogP contribution in [0.5, 0.6) is 0 Å². The Morgan fingerprint density at radius 2 is 1.87 bits per heavy atom. The van der Waals surface area contributed by atoms with Gasteiger partial charge in [-0.3, -0.25) is 0 Å². The minimum atomic E-state index is -1.83. The molecule has 3 heteroatoms. The van der Waals surface area contributed by atoms with E-state index in [0.29, 0.717) is 6.61 Å². The summed E-state index contributed by atoms with van der Waals surface area (Å²) in [7, 11) is -1.83. The molecule has 0 aliphatic rings. The summed E-state index contributed by atoms with van der Waals surface area (Å²) in [4.78, 5) is 0. The zero-order chi connectivity index (χ0) is 17.5. The monoisotopic (exact) mass is 336 g/mol. The van der Waals surface area contributed by atoms with E-state index in [4.69, 9.17) is 4.43 Å². The molecule has 0 fully saturated rings. The molecule has 1 atom stereocenters.